The molecule has 3 aliphatic rings. The highest BCUT2D eigenvalue weighted by atomic mass is 16.5. The summed E-state index contributed by atoms with van der Waals surface area (Å²) in [5.74, 6) is 0. The van der Waals surface area contributed by atoms with Gasteiger partial charge in [-0.1, -0.05) is 12.2 Å². The van der Waals surface area contributed by atoms with Crippen molar-refractivity contribution in [3.63, 3.8) is 0 Å². The highest BCUT2D eigenvalue weighted by Gasteiger charge is 2.27. The summed E-state index contributed by atoms with van der Waals surface area (Å²) in [6, 6.07) is 5.34. The Morgan fingerprint density at radius 3 is 2.71 bits per heavy atom. The molecule has 182 valence electrons. The van der Waals surface area contributed by atoms with Crippen molar-refractivity contribution in [1.29, 1.82) is 0 Å². The average molecular weight is 462 g/mol. The highest BCUT2D eigenvalue weighted by Crippen LogP contribution is 2.25. The lowest BCUT2D eigenvalue weighted by atomic mass is 10.0. The molecule has 5 heterocycles. The Bertz CT molecular complexity index is 1070. The van der Waals surface area contributed by atoms with E-state index in [-0.39, 0.29) is 0 Å². The van der Waals surface area contributed by atoms with Crippen molar-refractivity contribution in [1.82, 2.24) is 24.1 Å². The molecule has 1 atom stereocenters. The minimum absolute atomic E-state index is 0.350. The van der Waals surface area contributed by atoms with E-state index in [2.05, 4.69) is 86.9 Å². The Morgan fingerprint density at radius 2 is 1.91 bits per heavy atom. The number of ether oxygens (including phenoxy) is 1. The molecule has 34 heavy (non-hydrogen) atoms. The van der Waals surface area contributed by atoms with Gasteiger partial charge in [0.25, 0.3) is 0 Å². The van der Waals surface area contributed by atoms with Crippen molar-refractivity contribution < 1.29 is 4.74 Å². The summed E-state index contributed by atoms with van der Waals surface area (Å²) in [4.78, 5) is 12.1. The zero-order valence-corrected chi connectivity index (χ0v) is 21.0. The van der Waals surface area contributed by atoms with E-state index in [1.54, 1.807) is 0 Å². The smallest absolute Gasteiger partial charge is 0.136 e. The zero-order chi connectivity index (χ0) is 23.5. The summed E-state index contributed by atoms with van der Waals surface area (Å²) in [6.45, 7) is 12.5. The monoisotopic (exact) mass is 461 g/mol. The first kappa shape index (κ1) is 23.2. The second-order valence-corrected chi connectivity index (χ2v) is 10.1. The highest BCUT2D eigenvalue weighted by molar-refractivity contribution is 5.64. The van der Waals surface area contributed by atoms with Gasteiger partial charge in [-0.25, -0.2) is 4.98 Å². The van der Waals surface area contributed by atoms with Crippen molar-refractivity contribution in [2.45, 2.75) is 58.5 Å². The summed E-state index contributed by atoms with van der Waals surface area (Å²) in [5.41, 5.74) is 5.77. The lowest BCUT2D eigenvalue weighted by molar-refractivity contribution is 0.0584. The Hall–Kier alpha value is -2.57. The van der Waals surface area contributed by atoms with Gasteiger partial charge in [0.2, 0.25) is 0 Å². The van der Waals surface area contributed by atoms with Crippen LogP contribution in [0, 0.1) is 6.92 Å². The minimum atomic E-state index is 0.350. The molecule has 0 aliphatic carbocycles. The third-order valence-electron chi connectivity index (χ3n) is 7.63. The van der Waals surface area contributed by atoms with Crippen molar-refractivity contribution in [3.8, 4) is 0 Å². The first-order valence-corrected chi connectivity index (χ1v) is 12.9. The summed E-state index contributed by atoms with van der Waals surface area (Å²) in [6.07, 6.45) is 18.6. The zero-order valence-electron chi connectivity index (χ0n) is 21.0. The lowest BCUT2D eigenvalue weighted by Crippen LogP contribution is -2.44. The second-order valence-electron chi connectivity index (χ2n) is 10.1. The van der Waals surface area contributed by atoms with Gasteiger partial charge < -0.3 is 23.8 Å². The van der Waals surface area contributed by atoms with E-state index in [4.69, 9.17) is 4.74 Å². The first-order valence-electron chi connectivity index (χ1n) is 12.9. The van der Waals surface area contributed by atoms with Gasteiger partial charge in [0.05, 0.1) is 18.0 Å². The van der Waals surface area contributed by atoms with E-state index >= 15 is 0 Å². The largest absolute Gasteiger partial charge is 0.370 e. The molecule has 2 aromatic heterocycles. The third-order valence-corrected chi connectivity index (χ3v) is 7.63. The molecule has 0 bridgehead atoms. The topological polar surface area (TPSA) is 36.2 Å². The van der Waals surface area contributed by atoms with Crippen LogP contribution in [0.4, 0.5) is 0 Å². The Kier molecular flexibility index (Phi) is 7.07. The molecule has 0 aromatic carbocycles. The van der Waals surface area contributed by atoms with Crippen LogP contribution in [0.25, 0.3) is 11.2 Å². The van der Waals surface area contributed by atoms with Crippen molar-refractivity contribution in [2.75, 3.05) is 39.5 Å². The number of hydrogen-bond donors (Lipinski definition) is 0. The van der Waals surface area contributed by atoms with Crippen molar-refractivity contribution in [2.24, 2.45) is 0 Å². The Morgan fingerprint density at radius 1 is 1.12 bits per heavy atom. The quantitative estimate of drug-likeness (QED) is 0.560. The number of nitrogens with zero attached hydrogens (tertiary/aromatic N) is 5. The van der Waals surface area contributed by atoms with Gasteiger partial charge in [-0.15, -0.1) is 0 Å². The van der Waals surface area contributed by atoms with Crippen LogP contribution in [0.2, 0.25) is 0 Å². The molecule has 1 unspecified atom stereocenters. The fourth-order valence-corrected chi connectivity index (χ4v) is 5.43. The van der Waals surface area contributed by atoms with Crippen LogP contribution >= 0.6 is 0 Å². The predicted molar refractivity (Wildman–Crippen MR) is 138 cm³/mol. The number of fused-ring (bicyclic) bond motifs is 1. The summed E-state index contributed by atoms with van der Waals surface area (Å²) < 4.78 is 8.16. The number of hydrogen-bond acceptors (Lipinski definition) is 5. The maximum Gasteiger partial charge on any atom is 0.136 e. The number of rotatable bonds is 7. The fraction of sp³-hybridized carbons (Fsp3) is 0.536. The van der Waals surface area contributed by atoms with Gasteiger partial charge in [-0.3, -0.25) is 0 Å². The van der Waals surface area contributed by atoms with E-state index in [1.165, 1.54) is 55.6 Å². The SMILES string of the molecule is C/C(=C\COCN1C=C(N2CCC(N3CCCC3)CC2)C=CC1C)c1ccc2nc(C)cn2c1. The van der Waals surface area contributed by atoms with Crippen LogP contribution in [-0.4, -0.2) is 75.7 Å². The van der Waals surface area contributed by atoms with Gasteiger partial charge in [0.1, 0.15) is 12.4 Å². The minimum Gasteiger partial charge on any atom is -0.370 e. The first-order chi connectivity index (χ1) is 16.6. The summed E-state index contributed by atoms with van der Waals surface area (Å²) in [7, 11) is 0. The van der Waals surface area contributed by atoms with Gasteiger partial charge in [0.15, 0.2) is 0 Å². The molecule has 6 nitrogen and oxygen atoms in total. The molecule has 2 saturated heterocycles. The molecular formula is C28H39N5O. The molecule has 6 heteroatoms. The van der Waals surface area contributed by atoms with Gasteiger partial charge in [-0.05, 0) is 88.9 Å². The number of likely N-dealkylation sites (tertiary alicyclic amines) is 2. The summed E-state index contributed by atoms with van der Waals surface area (Å²) >= 11 is 0. The molecule has 2 fully saturated rings. The van der Waals surface area contributed by atoms with Crippen molar-refractivity contribution in [3.05, 3.63) is 65.9 Å². The molecule has 0 saturated carbocycles. The van der Waals surface area contributed by atoms with Gasteiger partial charge in [-0.2, -0.15) is 0 Å². The van der Waals surface area contributed by atoms with E-state index < -0.39 is 0 Å². The van der Waals surface area contributed by atoms with Crippen molar-refractivity contribution >= 4 is 11.2 Å². The lowest BCUT2D eigenvalue weighted by Gasteiger charge is -2.40. The van der Waals surface area contributed by atoms with Crippen LogP contribution in [0.3, 0.4) is 0 Å². The standard InChI is InChI=1S/C28H39N5O/c1-22(25-7-9-28-29-23(2)18-32(28)19-25)12-17-34-21-33-20-27(8-6-24(33)3)31-15-10-26(11-16-31)30-13-4-5-14-30/h6-9,12,18-20,24,26H,4-5,10-11,13-17,21H2,1-3H3/b22-12+. The maximum absolute atomic E-state index is 6.07. The van der Waals surface area contributed by atoms with E-state index in [0.717, 1.165) is 30.5 Å². The number of imidazole rings is 1. The number of aromatic nitrogens is 2. The maximum atomic E-state index is 6.07. The van der Waals surface area contributed by atoms with E-state index in [0.29, 0.717) is 19.4 Å². The van der Waals surface area contributed by atoms with Gasteiger partial charge in [0, 0.05) is 43.8 Å². The normalized spacial score (nSPS) is 22.7. The molecule has 5 rings (SSSR count). The average Bonchev–Trinajstić information content (AvgIpc) is 3.51. The number of aryl methyl sites for hydroxylation is 1. The van der Waals surface area contributed by atoms with Crippen LogP contribution in [0.1, 0.15) is 50.8 Å². The molecule has 0 amide bonds. The molecule has 0 radical (unpaired) electrons. The number of pyridine rings is 1. The van der Waals surface area contributed by atoms with Crippen LogP contribution in [-0.2, 0) is 4.74 Å². The second kappa shape index (κ2) is 10.4. The van der Waals surface area contributed by atoms with Crippen LogP contribution in [0.15, 0.2) is 54.7 Å². The van der Waals surface area contributed by atoms with Gasteiger partial charge >= 0.3 is 0 Å². The molecule has 0 N–H and O–H groups in total. The molecular weight excluding hydrogens is 422 g/mol. The number of allylic oxidation sites excluding steroid dienone is 2. The predicted octanol–water partition coefficient (Wildman–Crippen LogP) is 4.68. The van der Waals surface area contributed by atoms with Crippen LogP contribution in [0.5, 0.6) is 0 Å². The fourth-order valence-electron chi connectivity index (χ4n) is 5.43. The molecule has 3 aliphatic heterocycles. The third kappa shape index (κ3) is 5.23. The number of piperidine rings is 1. The molecule has 0 spiro atoms. The molecule has 2 aromatic rings. The van der Waals surface area contributed by atoms with E-state index in [9.17, 15) is 0 Å². The van der Waals surface area contributed by atoms with E-state index in [1.807, 2.05) is 6.92 Å². The summed E-state index contributed by atoms with van der Waals surface area (Å²) in [5, 5.41) is 0. The Balaban J connectivity index is 1.13. The Labute approximate surface area is 204 Å². The van der Waals surface area contributed by atoms with Crippen LogP contribution < -0.4 is 0 Å².